The zero-order valence-corrected chi connectivity index (χ0v) is 17.7. The summed E-state index contributed by atoms with van der Waals surface area (Å²) in [6.07, 6.45) is 14.8. The summed E-state index contributed by atoms with van der Waals surface area (Å²) in [6, 6.07) is 0. The van der Waals surface area contributed by atoms with Gasteiger partial charge in [-0.3, -0.25) is 0 Å². The molecular formula is C23H45B. The van der Waals surface area contributed by atoms with Crippen LogP contribution in [0, 0.1) is 35.5 Å². The van der Waals surface area contributed by atoms with Crippen LogP contribution >= 0.6 is 0 Å². The molecule has 1 heteroatoms. The van der Waals surface area contributed by atoms with Gasteiger partial charge in [0.1, 0.15) is 7.28 Å². The maximum Gasteiger partial charge on any atom is 0.125 e. The van der Waals surface area contributed by atoms with E-state index in [4.69, 9.17) is 0 Å². The molecule has 0 radical (unpaired) electrons. The van der Waals surface area contributed by atoms with Crippen molar-refractivity contribution in [2.24, 2.45) is 35.5 Å². The minimum Gasteiger partial charge on any atom is -0.0888 e. The van der Waals surface area contributed by atoms with Crippen molar-refractivity contribution in [3.05, 3.63) is 0 Å². The molecule has 2 aliphatic carbocycles. The van der Waals surface area contributed by atoms with E-state index in [0.717, 1.165) is 35.5 Å². The third-order valence-electron chi connectivity index (χ3n) is 8.44. The lowest BCUT2D eigenvalue weighted by molar-refractivity contribution is 0.266. The molecule has 0 nitrogen and oxygen atoms in total. The fourth-order valence-corrected chi connectivity index (χ4v) is 6.50. The summed E-state index contributed by atoms with van der Waals surface area (Å²) in [5.41, 5.74) is 0. The van der Waals surface area contributed by atoms with Crippen molar-refractivity contribution in [1.82, 2.24) is 0 Å². The Kier molecular flexibility index (Phi) is 7.75. The summed E-state index contributed by atoms with van der Waals surface area (Å²) in [6.45, 7) is 14.8. The van der Waals surface area contributed by atoms with Gasteiger partial charge in [-0.1, -0.05) is 91.7 Å². The zero-order chi connectivity index (χ0) is 17.7. The smallest absolute Gasteiger partial charge is 0.0888 e. The third-order valence-corrected chi connectivity index (χ3v) is 8.44. The van der Waals surface area contributed by atoms with Gasteiger partial charge in [-0.05, 0) is 54.8 Å². The molecule has 0 saturated heterocycles. The predicted molar refractivity (Wildman–Crippen MR) is 111 cm³/mol. The Morgan fingerprint density at radius 2 is 1.92 bits per heavy atom. The molecule has 0 amide bonds. The van der Waals surface area contributed by atoms with Gasteiger partial charge >= 0.3 is 0 Å². The van der Waals surface area contributed by atoms with E-state index >= 15 is 0 Å². The van der Waals surface area contributed by atoms with Crippen LogP contribution in [-0.2, 0) is 0 Å². The maximum atomic E-state index is 2.57. The van der Waals surface area contributed by atoms with Crippen LogP contribution < -0.4 is 0 Å². The molecule has 0 aromatic heterocycles. The Morgan fingerprint density at radius 1 is 1.17 bits per heavy atom. The highest BCUT2D eigenvalue weighted by atomic mass is 14.5. The lowest BCUT2D eigenvalue weighted by atomic mass is 9.46. The average Bonchev–Trinajstić information content (AvgIpc) is 3.17. The predicted octanol–water partition coefficient (Wildman–Crippen LogP) is 7.35. The molecule has 0 bridgehead atoms. The van der Waals surface area contributed by atoms with Crippen molar-refractivity contribution in [2.75, 3.05) is 0 Å². The Balaban J connectivity index is 1.96. The Hall–Kier alpha value is 0.0649. The minimum atomic E-state index is 0.714. The van der Waals surface area contributed by atoms with Crippen molar-refractivity contribution >= 4 is 7.28 Å². The van der Waals surface area contributed by atoms with Gasteiger partial charge in [0, 0.05) is 0 Å². The van der Waals surface area contributed by atoms with Gasteiger partial charge in [-0.2, -0.15) is 0 Å². The maximum absolute atomic E-state index is 2.57. The molecule has 2 rings (SSSR count). The first-order valence-corrected chi connectivity index (χ1v) is 11.5. The highest BCUT2D eigenvalue weighted by molar-refractivity contribution is 6.38. The van der Waals surface area contributed by atoms with Crippen LogP contribution in [-0.4, -0.2) is 7.28 Å². The second-order valence-electron chi connectivity index (χ2n) is 10.0. The number of rotatable bonds is 9. The van der Waals surface area contributed by atoms with Gasteiger partial charge in [0.2, 0.25) is 0 Å². The first-order valence-electron chi connectivity index (χ1n) is 11.5. The van der Waals surface area contributed by atoms with Crippen LogP contribution in [0.2, 0.25) is 12.1 Å². The molecule has 0 spiro atoms. The molecule has 0 N–H and O–H groups in total. The van der Waals surface area contributed by atoms with Gasteiger partial charge in [-0.25, -0.2) is 0 Å². The van der Waals surface area contributed by atoms with Crippen molar-refractivity contribution in [1.29, 1.82) is 0 Å². The summed E-state index contributed by atoms with van der Waals surface area (Å²) >= 11 is 0. The van der Waals surface area contributed by atoms with Crippen molar-refractivity contribution in [3.63, 3.8) is 0 Å². The SMILES string of the molecule is CBC1(C2CC(C)C(C(C)CCCC)C2)CCC(CC(C)CC)C1. The second kappa shape index (κ2) is 9.13. The summed E-state index contributed by atoms with van der Waals surface area (Å²) in [5, 5.41) is 0.714. The van der Waals surface area contributed by atoms with E-state index in [1.165, 1.54) is 58.6 Å². The lowest BCUT2D eigenvalue weighted by Crippen LogP contribution is -2.25. The standard InChI is InChI=1S/C23H45B/c1-7-9-10-18(4)22-15-21(14-19(22)5)23(24-6)12-11-20(16-23)13-17(3)8-2/h17-22,24H,7-16H2,1-6H3. The third kappa shape index (κ3) is 4.61. The van der Waals surface area contributed by atoms with Crippen molar-refractivity contribution in [3.8, 4) is 0 Å². The molecule has 0 aromatic rings. The molecule has 24 heavy (non-hydrogen) atoms. The molecule has 2 aliphatic rings. The highest BCUT2D eigenvalue weighted by Gasteiger charge is 2.48. The summed E-state index contributed by atoms with van der Waals surface area (Å²) in [4.78, 5) is 0. The molecule has 7 unspecified atom stereocenters. The number of hydrogen-bond acceptors (Lipinski definition) is 0. The Labute approximate surface area is 154 Å². The van der Waals surface area contributed by atoms with Gasteiger partial charge in [0.05, 0.1) is 0 Å². The summed E-state index contributed by atoms with van der Waals surface area (Å²) in [7, 11) is 1.44. The summed E-state index contributed by atoms with van der Waals surface area (Å²) in [5.74, 6) is 5.95. The largest absolute Gasteiger partial charge is 0.125 e. The second-order valence-corrected chi connectivity index (χ2v) is 10.0. The van der Waals surface area contributed by atoms with Crippen LogP contribution in [0.3, 0.4) is 0 Å². The molecule has 0 aromatic carbocycles. The van der Waals surface area contributed by atoms with E-state index in [2.05, 4.69) is 41.4 Å². The van der Waals surface area contributed by atoms with E-state index in [1.807, 2.05) is 0 Å². The quantitative estimate of drug-likeness (QED) is 0.387. The van der Waals surface area contributed by atoms with Crippen LogP contribution in [0.4, 0.5) is 0 Å². The van der Waals surface area contributed by atoms with Crippen LogP contribution in [0.1, 0.15) is 98.8 Å². The van der Waals surface area contributed by atoms with Gasteiger partial charge in [-0.15, -0.1) is 0 Å². The van der Waals surface area contributed by atoms with E-state index < -0.39 is 0 Å². The Bertz CT molecular complexity index is 365. The monoisotopic (exact) mass is 332 g/mol. The zero-order valence-electron chi connectivity index (χ0n) is 17.7. The Morgan fingerprint density at radius 3 is 2.54 bits per heavy atom. The lowest BCUT2D eigenvalue weighted by Gasteiger charge is -2.35. The van der Waals surface area contributed by atoms with Gasteiger partial charge in [0.15, 0.2) is 0 Å². The van der Waals surface area contributed by atoms with E-state index in [9.17, 15) is 0 Å². The van der Waals surface area contributed by atoms with Gasteiger partial charge in [0.25, 0.3) is 0 Å². The molecule has 2 fully saturated rings. The van der Waals surface area contributed by atoms with E-state index in [1.54, 1.807) is 12.8 Å². The highest BCUT2D eigenvalue weighted by Crippen LogP contribution is 2.61. The first-order chi connectivity index (χ1) is 11.5. The van der Waals surface area contributed by atoms with Crippen molar-refractivity contribution < 1.29 is 0 Å². The van der Waals surface area contributed by atoms with E-state index in [0.29, 0.717) is 5.31 Å². The van der Waals surface area contributed by atoms with Crippen molar-refractivity contribution in [2.45, 2.75) is 111 Å². The molecule has 0 heterocycles. The normalized spacial score (nSPS) is 39.1. The first kappa shape index (κ1) is 20.4. The molecule has 7 atom stereocenters. The average molecular weight is 332 g/mol. The number of hydrogen-bond donors (Lipinski definition) is 0. The summed E-state index contributed by atoms with van der Waals surface area (Å²) < 4.78 is 0. The molecule has 140 valence electrons. The van der Waals surface area contributed by atoms with Crippen LogP contribution in [0.15, 0.2) is 0 Å². The molecule has 2 saturated carbocycles. The van der Waals surface area contributed by atoms with Crippen LogP contribution in [0.5, 0.6) is 0 Å². The fraction of sp³-hybridized carbons (Fsp3) is 1.00. The van der Waals surface area contributed by atoms with Gasteiger partial charge < -0.3 is 0 Å². The fourth-order valence-electron chi connectivity index (χ4n) is 6.50. The molecule has 0 aliphatic heterocycles. The number of unbranched alkanes of at least 4 members (excludes halogenated alkanes) is 1. The minimum absolute atomic E-state index is 0.714. The topological polar surface area (TPSA) is 0 Å². The molecular weight excluding hydrogens is 287 g/mol. The van der Waals surface area contributed by atoms with Crippen LogP contribution in [0.25, 0.3) is 0 Å². The van der Waals surface area contributed by atoms with E-state index in [-0.39, 0.29) is 0 Å².